The molecule has 0 N–H and O–H groups in total. The van der Waals surface area contributed by atoms with Crippen molar-refractivity contribution in [2.24, 2.45) is 0 Å². The lowest BCUT2D eigenvalue weighted by atomic mass is 10.2. The van der Waals surface area contributed by atoms with Crippen molar-refractivity contribution in [2.45, 2.75) is 11.5 Å². The minimum atomic E-state index is -2.88. The molecule has 0 amide bonds. The Balaban J connectivity index is 2.59. The van der Waals surface area contributed by atoms with Gasteiger partial charge in [-0.3, -0.25) is 0 Å². The Kier molecular flexibility index (Phi) is 3.46. The summed E-state index contributed by atoms with van der Waals surface area (Å²) in [6.45, 7) is -2.88. The van der Waals surface area contributed by atoms with Gasteiger partial charge < -0.3 is 4.74 Å². The summed E-state index contributed by atoms with van der Waals surface area (Å²) >= 11 is 0. The molecule has 0 atom stereocenters. The molecule has 1 aromatic carbocycles. The van der Waals surface area contributed by atoms with Gasteiger partial charge in [-0.1, -0.05) is 6.07 Å². The predicted molar refractivity (Wildman–Crippen MR) is 60.1 cm³/mol. The lowest BCUT2D eigenvalue weighted by Crippen LogP contribution is -2.03. The quantitative estimate of drug-likeness (QED) is 0.831. The molecule has 0 aliphatic rings. The number of pyridine rings is 1. The average Bonchev–Trinajstić information content (AvgIpc) is 2.28. The fraction of sp³-hybridized carbons (Fsp3) is 0.100. The maximum atomic E-state index is 12.1. The number of rotatable bonds is 3. The van der Waals surface area contributed by atoms with E-state index in [1.807, 2.05) is 0 Å². The van der Waals surface area contributed by atoms with Crippen LogP contribution in [-0.4, -0.2) is 11.6 Å². The van der Waals surface area contributed by atoms with Gasteiger partial charge in [0.05, 0.1) is 0 Å². The molecular formula is C10H6ClF2NOS. The highest BCUT2D eigenvalue weighted by Gasteiger charge is 2.11. The standard InChI is InChI=1S/C10H6ClF2NOS/c11-16-8-3-1-2-7-6(8)4-5-14-9(7)15-10(12)13/h1-5,10H. The van der Waals surface area contributed by atoms with Gasteiger partial charge in [-0.15, -0.1) is 0 Å². The second kappa shape index (κ2) is 4.84. The van der Waals surface area contributed by atoms with E-state index in [2.05, 4.69) is 9.72 Å². The Morgan fingerprint density at radius 1 is 1.25 bits per heavy atom. The van der Waals surface area contributed by atoms with Gasteiger partial charge in [0.2, 0.25) is 5.88 Å². The number of halogens is 3. The SMILES string of the molecule is FC(F)Oc1nccc2c(SCl)cccc12. The van der Waals surface area contributed by atoms with E-state index in [1.54, 1.807) is 24.3 Å². The van der Waals surface area contributed by atoms with Crippen LogP contribution in [0.2, 0.25) is 0 Å². The van der Waals surface area contributed by atoms with E-state index in [9.17, 15) is 8.78 Å². The number of hydrogen-bond acceptors (Lipinski definition) is 3. The molecule has 0 fully saturated rings. The van der Waals surface area contributed by atoms with E-state index in [0.29, 0.717) is 5.39 Å². The Bertz CT molecular complexity index is 509. The van der Waals surface area contributed by atoms with Crippen LogP contribution in [0.3, 0.4) is 0 Å². The van der Waals surface area contributed by atoms with E-state index in [1.165, 1.54) is 6.20 Å². The maximum absolute atomic E-state index is 12.1. The van der Waals surface area contributed by atoms with E-state index in [-0.39, 0.29) is 5.88 Å². The van der Waals surface area contributed by atoms with Crippen LogP contribution in [0.15, 0.2) is 35.4 Å². The first kappa shape index (κ1) is 11.4. The number of benzene rings is 1. The van der Waals surface area contributed by atoms with Gasteiger partial charge >= 0.3 is 6.61 Å². The van der Waals surface area contributed by atoms with Gasteiger partial charge in [0.1, 0.15) is 0 Å². The minimum Gasteiger partial charge on any atom is -0.416 e. The first-order chi connectivity index (χ1) is 7.72. The summed E-state index contributed by atoms with van der Waals surface area (Å²) in [7, 11) is 6.70. The van der Waals surface area contributed by atoms with Crippen molar-refractivity contribution in [3.05, 3.63) is 30.5 Å². The summed E-state index contributed by atoms with van der Waals surface area (Å²) in [4.78, 5) is 4.55. The fourth-order valence-electron chi connectivity index (χ4n) is 1.40. The van der Waals surface area contributed by atoms with Crippen molar-refractivity contribution in [3.63, 3.8) is 0 Å². The van der Waals surface area contributed by atoms with Crippen molar-refractivity contribution in [1.29, 1.82) is 0 Å². The second-order valence-corrected chi connectivity index (χ2v) is 3.98. The Hall–Kier alpha value is -1.07. The van der Waals surface area contributed by atoms with Crippen molar-refractivity contribution < 1.29 is 13.5 Å². The van der Waals surface area contributed by atoms with E-state index in [0.717, 1.165) is 21.3 Å². The maximum Gasteiger partial charge on any atom is 0.388 e. The average molecular weight is 262 g/mol. The zero-order chi connectivity index (χ0) is 11.5. The summed E-state index contributed by atoms with van der Waals surface area (Å²) in [6.07, 6.45) is 1.41. The molecule has 0 saturated heterocycles. The van der Waals surface area contributed by atoms with Crippen molar-refractivity contribution in [3.8, 4) is 5.88 Å². The van der Waals surface area contributed by atoms with Crippen LogP contribution in [0, 0.1) is 0 Å². The fourth-order valence-corrected chi connectivity index (χ4v) is 2.19. The molecule has 2 rings (SSSR count). The zero-order valence-corrected chi connectivity index (χ0v) is 9.43. The number of ether oxygens (including phenoxy) is 1. The number of hydrogen-bond donors (Lipinski definition) is 0. The first-order valence-corrected chi connectivity index (χ1v) is 5.98. The molecule has 2 aromatic rings. The molecular weight excluding hydrogens is 256 g/mol. The molecule has 0 radical (unpaired) electrons. The summed E-state index contributed by atoms with van der Waals surface area (Å²) in [5.41, 5.74) is 0. The van der Waals surface area contributed by atoms with Crippen LogP contribution < -0.4 is 4.74 Å². The van der Waals surface area contributed by atoms with E-state index in [4.69, 9.17) is 10.7 Å². The van der Waals surface area contributed by atoms with Crippen LogP contribution in [-0.2, 0) is 0 Å². The Morgan fingerprint density at radius 3 is 2.75 bits per heavy atom. The first-order valence-electron chi connectivity index (χ1n) is 4.33. The van der Waals surface area contributed by atoms with Gasteiger partial charge in [-0.2, -0.15) is 8.78 Å². The van der Waals surface area contributed by atoms with Gasteiger partial charge in [-0.05, 0) is 39.9 Å². The highest BCUT2D eigenvalue weighted by atomic mass is 35.7. The molecule has 0 aliphatic heterocycles. The normalized spacial score (nSPS) is 11.0. The number of aromatic nitrogens is 1. The smallest absolute Gasteiger partial charge is 0.388 e. The molecule has 1 aromatic heterocycles. The molecule has 0 saturated carbocycles. The molecule has 0 spiro atoms. The lowest BCUT2D eigenvalue weighted by molar-refractivity contribution is -0.0517. The highest BCUT2D eigenvalue weighted by Crippen LogP contribution is 2.33. The number of fused-ring (bicyclic) bond motifs is 1. The largest absolute Gasteiger partial charge is 0.416 e. The van der Waals surface area contributed by atoms with Gasteiger partial charge in [0, 0.05) is 21.9 Å². The van der Waals surface area contributed by atoms with Crippen LogP contribution in [0.25, 0.3) is 10.8 Å². The molecule has 2 nitrogen and oxygen atoms in total. The van der Waals surface area contributed by atoms with E-state index >= 15 is 0 Å². The third-order valence-corrected chi connectivity index (χ3v) is 3.03. The number of nitrogens with zero attached hydrogens (tertiary/aromatic N) is 1. The summed E-state index contributed by atoms with van der Waals surface area (Å²) in [5.74, 6) is -0.0833. The van der Waals surface area contributed by atoms with Crippen LogP contribution >= 0.6 is 21.7 Å². The molecule has 16 heavy (non-hydrogen) atoms. The predicted octanol–water partition coefficient (Wildman–Crippen LogP) is 4.08. The Morgan fingerprint density at radius 2 is 2.06 bits per heavy atom. The number of alkyl halides is 2. The van der Waals surface area contributed by atoms with Crippen molar-refractivity contribution in [2.75, 3.05) is 0 Å². The molecule has 0 unspecified atom stereocenters. The zero-order valence-electron chi connectivity index (χ0n) is 7.86. The van der Waals surface area contributed by atoms with Crippen molar-refractivity contribution >= 4 is 32.4 Å². The molecule has 0 aliphatic carbocycles. The highest BCUT2D eigenvalue weighted by molar-refractivity contribution is 8.21. The third kappa shape index (κ3) is 2.20. The monoisotopic (exact) mass is 261 g/mol. The van der Waals surface area contributed by atoms with Crippen LogP contribution in [0.5, 0.6) is 5.88 Å². The third-order valence-electron chi connectivity index (χ3n) is 2.01. The van der Waals surface area contributed by atoms with Gasteiger partial charge in [0.15, 0.2) is 0 Å². The van der Waals surface area contributed by atoms with Crippen LogP contribution in [0.4, 0.5) is 8.78 Å². The van der Waals surface area contributed by atoms with Crippen molar-refractivity contribution in [1.82, 2.24) is 4.98 Å². The van der Waals surface area contributed by atoms with E-state index < -0.39 is 6.61 Å². The molecule has 0 bridgehead atoms. The lowest BCUT2D eigenvalue weighted by Gasteiger charge is -2.08. The Labute approximate surface area is 99.1 Å². The topological polar surface area (TPSA) is 22.1 Å². The van der Waals surface area contributed by atoms with Crippen LogP contribution in [0.1, 0.15) is 0 Å². The van der Waals surface area contributed by atoms with Gasteiger partial charge in [-0.25, -0.2) is 4.98 Å². The minimum absolute atomic E-state index is 0.0833. The molecule has 84 valence electrons. The summed E-state index contributed by atoms with van der Waals surface area (Å²) < 4.78 is 28.6. The summed E-state index contributed by atoms with van der Waals surface area (Å²) in [6, 6.07) is 6.88. The summed E-state index contributed by atoms with van der Waals surface area (Å²) in [5, 5.41) is 1.27. The van der Waals surface area contributed by atoms with Gasteiger partial charge in [0.25, 0.3) is 0 Å². The molecule has 6 heteroatoms. The molecule has 1 heterocycles. The second-order valence-electron chi connectivity index (χ2n) is 2.92.